The third kappa shape index (κ3) is 5.51. The van der Waals surface area contributed by atoms with Gasteiger partial charge in [-0.3, -0.25) is 4.79 Å². The summed E-state index contributed by atoms with van der Waals surface area (Å²) in [5.41, 5.74) is 1.52. The Morgan fingerprint density at radius 3 is 2.33 bits per heavy atom. The summed E-state index contributed by atoms with van der Waals surface area (Å²) in [7, 11) is 0. The molecule has 1 aromatic rings. The van der Waals surface area contributed by atoms with Gasteiger partial charge < -0.3 is 4.74 Å². The highest BCUT2D eigenvalue weighted by atomic mass is 79.9. The molecule has 114 valence electrons. The number of halogens is 1. The topological polar surface area (TPSA) is 50.1 Å². The minimum absolute atomic E-state index is 0.0836. The van der Waals surface area contributed by atoms with Gasteiger partial charge in [0.05, 0.1) is 12.0 Å². The third-order valence-corrected chi connectivity index (χ3v) is 3.78. The first-order valence-corrected chi connectivity index (χ1v) is 8.15. The van der Waals surface area contributed by atoms with Crippen LogP contribution in [-0.4, -0.2) is 11.6 Å². The lowest BCUT2D eigenvalue weighted by atomic mass is 9.85. The van der Waals surface area contributed by atoms with Gasteiger partial charge in [-0.1, -0.05) is 47.1 Å². The molecule has 0 N–H and O–H groups in total. The second-order valence-corrected chi connectivity index (χ2v) is 6.79. The highest BCUT2D eigenvalue weighted by Crippen LogP contribution is 2.30. The van der Waals surface area contributed by atoms with Gasteiger partial charge in [-0.15, -0.1) is 0 Å². The fraction of sp³-hybridized carbons (Fsp3) is 0.529. The van der Waals surface area contributed by atoms with E-state index in [2.05, 4.69) is 22.0 Å². The Kier molecular flexibility index (Phi) is 6.42. The Morgan fingerprint density at radius 1 is 1.33 bits per heavy atom. The van der Waals surface area contributed by atoms with Gasteiger partial charge in [0.25, 0.3) is 0 Å². The van der Waals surface area contributed by atoms with E-state index < -0.39 is 11.5 Å². The Bertz CT molecular complexity index is 511. The zero-order chi connectivity index (χ0) is 16.0. The van der Waals surface area contributed by atoms with Crippen LogP contribution in [0.2, 0.25) is 0 Å². The highest BCUT2D eigenvalue weighted by molar-refractivity contribution is 9.08. The number of esters is 1. The number of alkyl halides is 1. The lowest BCUT2D eigenvalue weighted by molar-refractivity contribution is -0.158. The zero-order valence-corrected chi connectivity index (χ0v) is 14.6. The van der Waals surface area contributed by atoms with E-state index in [0.717, 1.165) is 16.5 Å². The molecule has 0 aromatic heterocycles. The van der Waals surface area contributed by atoms with E-state index in [1.165, 1.54) is 0 Å². The van der Waals surface area contributed by atoms with Crippen molar-refractivity contribution >= 4 is 21.9 Å². The number of carbonyl (C=O) groups is 1. The highest BCUT2D eigenvalue weighted by Gasteiger charge is 2.31. The number of hydrogen-bond donors (Lipinski definition) is 0. The fourth-order valence-corrected chi connectivity index (χ4v) is 2.51. The third-order valence-electron chi connectivity index (χ3n) is 3.14. The van der Waals surface area contributed by atoms with Gasteiger partial charge >= 0.3 is 5.97 Å². The molecule has 0 heterocycles. The molecule has 4 heteroatoms. The monoisotopic (exact) mass is 351 g/mol. The van der Waals surface area contributed by atoms with Crippen LogP contribution in [0.4, 0.5) is 0 Å². The molecule has 0 aliphatic heterocycles. The molecule has 0 spiro atoms. The van der Waals surface area contributed by atoms with Gasteiger partial charge in [0.15, 0.2) is 0 Å². The van der Waals surface area contributed by atoms with Crippen molar-refractivity contribution in [2.45, 2.75) is 51.0 Å². The molecule has 2 atom stereocenters. The van der Waals surface area contributed by atoms with Crippen molar-refractivity contribution in [1.29, 1.82) is 5.26 Å². The summed E-state index contributed by atoms with van der Waals surface area (Å²) in [5.74, 6) is -0.759. The minimum atomic E-state index is -0.530. The van der Waals surface area contributed by atoms with Gasteiger partial charge in [0.2, 0.25) is 0 Å². The van der Waals surface area contributed by atoms with Crippen LogP contribution in [0, 0.1) is 17.2 Å². The Balaban J connectivity index is 3.06. The van der Waals surface area contributed by atoms with E-state index in [1.807, 2.05) is 52.0 Å². The second kappa shape index (κ2) is 7.61. The maximum Gasteiger partial charge on any atom is 0.314 e. The van der Waals surface area contributed by atoms with Crippen LogP contribution < -0.4 is 0 Å². The Labute approximate surface area is 135 Å². The van der Waals surface area contributed by atoms with Crippen LogP contribution in [0.25, 0.3) is 0 Å². The maximum absolute atomic E-state index is 12.5. The number of ether oxygens (including phenoxy) is 1. The van der Waals surface area contributed by atoms with Gasteiger partial charge in [-0.2, -0.15) is 5.26 Å². The van der Waals surface area contributed by atoms with Crippen molar-refractivity contribution in [3.05, 3.63) is 35.4 Å². The van der Waals surface area contributed by atoms with Crippen LogP contribution in [0.3, 0.4) is 0 Å². The van der Waals surface area contributed by atoms with E-state index in [0.29, 0.717) is 6.42 Å². The van der Waals surface area contributed by atoms with Gasteiger partial charge in [-0.25, -0.2) is 0 Å². The van der Waals surface area contributed by atoms with E-state index in [4.69, 9.17) is 10.00 Å². The Morgan fingerprint density at radius 2 is 1.90 bits per heavy atom. The molecule has 0 radical (unpaired) electrons. The lowest BCUT2D eigenvalue weighted by Crippen LogP contribution is -2.30. The van der Waals surface area contributed by atoms with E-state index in [1.54, 1.807) is 0 Å². The number of carbonyl (C=O) groups excluding carboxylic acids is 1. The molecule has 0 saturated heterocycles. The summed E-state index contributed by atoms with van der Waals surface area (Å²) >= 11 is 3.41. The van der Waals surface area contributed by atoms with Crippen molar-refractivity contribution in [2.75, 3.05) is 0 Å². The number of benzene rings is 1. The average Bonchev–Trinajstić information content (AvgIpc) is 2.38. The molecular formula is C17H22BrNO2. The quantitative estimate of drug-likeness (QED) is 0.577. The van der Waals surface area contributed by atoms with Crippen LogP contribution in [0.15, 0.2) is 24.3 Å². The van der Waals surface area contributed by atoms with Gasteiger partial charge in [0.1, 0.15) is 5.60 Å². The molecule has 0 aliphatic carbocycles. The molecule has 1 aromatic carbocycles. The summed E-state index contributed by atoms with van der Waals surface area (Å²) < 4.78 is 5.52. The molecule has 0 bridgehead atoms. The van der Waals surface area contributed by atoms with Crippen LogP contribution in [-0.2, 0) is 14.9 Å². The van der Waals surface area contributed by atoms with Crippen LogP contribution in [0.5, 0.6) is 0 Å². The van der Waals surface area contributed by atoms with E-state index >= 15 is 0 Å². The number of nitriles is 1. The summed E-state index contributed by atoms with van der Waals surface area (Å²) in [6.07, 6.45) is 0.324. The predicted octanol–water partition coefficient (Wildman–Crippen LogP) is 4.56. The second-order valence-electron chi connectivity index (χ2n) is 6.23. The fourth-order valence-electron chi connectivity index (χ4n) is 2.14. The average molecular weight is 352 g/mol. The molecule has 0 amide bonds. The van der Waals surface area contributed by atoms with Crippen LogP contribution >= 0.6 is 15.9 Å². The Hall–Kier alpha value is -1.34. The standard InChI is InChI=1S/C17H22BrNO2/c1-12(9-10-19)15(16(20)21-17(2,3)4)14-7-5-13(11-18)6-8-14/h5-8,12,15H,9,11H2,1-4H3. The van der Waals surface area contributed by atoms with Crippen molar-refractivity contribution in [1.82, 2.24) is 0 Å². The normalized spacial score (nSPS) is 14.1. The van der Waals surface area contributed by atoms with E-state index in [-0.39, 0.29) is 11.9 Å². The molecule has 3 nitrogen and oxygen atoms in total. The van der Waals surface area contributed by atoms with Crippen LogP contribution in [0.1, 0.15) is 51.2 Å². The van der Waals surface area contributed by atoms with Crippen molar-refractivity contribution in [3.8, 4) is 6.07 Å². The molecule has 2 unspecified atom stereocenters. The maximum atomic E-state index is 12.5. The van der Waals surface area contributed by atoms with Crippen molar-refractivity contribution in [2.24, 2.45) is 5.92 Å². The molecule has 0 saturated carbocycles. The van der Waals surface area contributed by atoms with Crippen molar-refractivity contribution < 1.29 is 9.53 Å². The molecule has 1 rings (SSSR count). The number of nitrogens with zero attached hydrogens (tertiary/aromatic N) is 1. The number of rotatable bonds is 5. The summed E-state index contributed by atoms with van der Waals surface area (Å²) in [6.45, 7) is 7.47. The minimum Gasteiger partial charge on any atom is -0.459 e. The smallest absolute Gasteiger partial charge is 0.314 e. The molecule has 0 fully saturated rings. The van der Waals surface area contributed by atoms with Gasteiger partial charge in [0, 0.05) is 11.8 Å². The summed E-state index contributed by atoms with van der Waals surface area (Å²) in [4.78, 5) is 12.5. The number of hydrogen-bond acceptors (Lipinski definition) is 3. The first-order chi connectivity index (χ1) is 9.78. The lowest BCUT2D eigenvalue weighted by Gasteiger charge is -2.27. The predicted molar refractivity (Wildman–Crippen MR) is 87.1 cm³/mol. The van der Waals surface area contributed by atoms with Gasteiger partial charge in [-0.05, 0) is 37.8 Å². The van der Waals surface area contributed by atoms with Crippen molar-refractivity contribution in [3.63, 3.8) is 0 Å². The molecular weight excluding hydrogens is 330 g/mol. The zero-order valence-electron chi connectivity index (χ0n) is 13.0. The van der Waals surface area contributed by atoms with E-state index in [9.17, 15) is 4.79 Å². The molecule has 0 aliphatic rings. The first-order valence-electron chi connectivity index (χ1n) is 7.03. The summed E-state index contributed by atoms with van der Waals surface area (Å²) in [5, 5.41) is 9.70. The SMILES string of the molecule is CC(CC#N)C(C(=O)OC(C)(C)C)c1ccc(CBr)cc1. The first kappa shape index (κ1) is 17.7. The summed E-state index contributed by atoms with van der Waals surface area (Å²) in [6, 6.07) is 10.0. The largest absolute Gasteiger partial charge is 0.459 e. The molecule has 21 heavy (non-hydrogen) atoms.